The topological polar surface area (TPSA) is 113 Å². The Kier molecular flexibility index (Phi) is 8.16. The number of ether oxygens (including phenoxy) is 1. The van der Waals surface area contributed by atoms with E-state index in [0.717, 1.165) is 17.7 Å². The molecule has 1 aromatic heterocycles. The van der Waals surface area contributed by atoms with E-state index in [9.17, 15) is 27.9 Å². The minimum absolute atomic E-state index is 0.00374. The Morgan fingerprint density at radius 3 is 2.68 bits per heavy atom. The largest absolute Gasteiger partial charge is 0.480 e. The number of hydrogen-bond acceptors (Lipinski definition) is 6. The van der Waals surface area contributed by atoms with Crippen LogP contribution in [0, 0.1) is 0 Å². The number of benzene rings is 2. The number of aryl methyl sites for hydroxylation is 1. The van der Waals surface area contributed by atoms with E-state index in [2.05, 4.69) is 20.6 Å². The molecule has 1 amide bonds. The van der Waals surface area contributed by atoms with E-state index in [4.69, 9.17) is 16.3 Å². The van der Waals surface area contributed by atoms with Gasteiger partial charge in [-0.1, -0.05) is 23.7 Å². The number of hydrogen-bond donors (Lipinski definition) is 3. The van der Waals surface area contributed by atoms with Gasteiger partial charge >= 0.3 is 12.1 Å². The summed E-state index contributed by atoms with van der Waals surface area (Å²) in [7, 11) is 0. The number of carboxylic acids is 1. The molecule has 3 N–H and O–H groups in total. The molecule has 38 heavy (non-hydrogen) atoms. The highest BCUT2D eigenvalue weighted by Gasteiger charge is 2.33. The number of halogens is 4. The molecule has 0 fully saturated rings. The third kappa shape index (κ3) is 7.00. The highest BCUT2D eigenvalue weighted by molar-refractivity contribution is 6.31. The number of rotatable bonds is 8. The van der Waals surface area contributed by atoms with Crippen LogP contribution in [0.4, 0.5) is 18.9 Å². The fourth-order valence-electron chi connectivity index (χ4n) is 3.74. The summed E-state index contributed by atoms with van der Waals surface area (Å²) >= 11 is 5.62. The molecule has 0 saturated carbocycles. The number of carbonyl (C=O) groups excluding carboxylic acids is 1. The van der Waals surface area contributed by atoms with Gasteiger partial charge in [0.05, 0.1) is 10.6 Å². The molecule has 0 radical (unpaired) electrons. The lowest BCUT2D eigenvalue weighted by Gasteiger charge is -2.19. The Morgan fingerprint density at radius 2 is 1.92 bits per heavy atom. The number of alkyl halides is 3. The lowest BCUT2D eigenvalue weighted by molar-refractivity contribution is -0.139. The minimum atomic E-state index is -4.63. The molecule has 198 valence electrons. The van der Waals surface area contributed by atoms with Gasteiger partial charge in [0, 0.05) is 30.9 Å². The standard InChI is InChI=1S/C26H22ClF3N4O4/c27-20-6-5-16(13-19(20)26(28,29)30)33-23(35)7-4-15-2-1-3-17(12-15)38-18-8-10-31-22(14-18)24-32-11-9-21(34-24)25(36)37/h1-3,5-6,8,10,12-14,21H,4,7,9,11H2,(H,32,34)(H,33,35)(H,36,37). The molecule has 12 heteroatoms. The number of carbonyl (C=O) groups is 2. The lowest BCUT2D eigenvalue weighted by Crippen LogP contribution is -2.37. The molecule has 0 saturated heterocycles. The third-order valence-electron chi connectivity index (χ3n) is 5.58. The van der Waals surface area contributed by atoms with Crippen LogP contribution in [0.3, 0.4) is 0 Å². The normalized spacial score (nSPS) is 15.3. The number of carboxylic acid groups (broad SMARTS) is 1. The first-order valence-corrected chi connectivity index (χ1v) is 11.9. The van der Waals surface area contributed by atoms with Gasteiger partial charge in [0.1, 0.15) is 23.0 Å². The number of nitrogens with zero attached hydrogens (tertiary/aromatic N) is 2. The predicted octanol–water partition coefficient (Wildman–Crippen LogP) is 5.31. The van der Waals surface area contributed by atoms with Crippen molar-refractivity contribution in [2.75, 3.05) is 11.9 Å². The van der Waals surface area contributed by atoms with E-state index in [1.807, 2.05) is 0 Å². The first-order chi connectivity index (χ1) is 18.1. The van der Waals surface area contributed by atoms with Crippen molar-refractivity contribution >= 4 is 35.0 Å². The summed E-state index contributed by atoms with van der Waals surface area (Å²) in [6.07, 6.45) is -2.37. The number of anilines is 1. The minimum Gasteiger partial charge on any atom is -0.480 e. The van der Waals surface area contributed by atoms with E-state index < -0.39 is 34.7 Å². The number of aromatic nitrogens is 1. The van der Waals surface area contributed by atoms with E-state index in [-0.39, 0.29) is 12.1 Å². The lowest BCUT2D eigenvalue weighted by atomic mass is 10.1. The average Bonchev–Trinajstić information content (AvgIpc) is 2.88. The first-order valence-electron chi connectivity index (χ1n) is 11.5. The van der Waals surface area contributed by atoms with E-state index in [0.29, 0.717) is 42.4 Å². The fourth-order valence-corrected chi connectivity index (χ4v) is 3.96. The second kappa shape index (κ2) is 11.5. The quantitative estimate of drug-likeness (QED) is 0.353. The molecular formula is C26H22ClF3N4O4. The molecule has 8 nitrogen and oxygen atoms in total. The molecular weight excluding hydrogens is 525 g/mol. The zero-order valence-electron chi connectivity index (χ0n) is 19.8. The van der Waals surface area contributed by atoms with Crippen molar-refractivity contribution in [2.24, 2.45) is 4.99 Å². The Morgan fingerprint density at radius 1 is 1.13 bits per heavy atom. The predicted molar refractivity (Wildman–Crippen MR) is 135 cm³/mol. The van der Waals surface area contributed by atoms with Crippen LogP contribution in [-0.2, 0) is 22.2 Å². The number of aliphatic imine (C=N–C) groups is 1. The maximum atomic E-state index is 13.0. The third-order valence-corrected chi connectivity index (χ3v) is 5.91. The summed E-state index contributed by atoms with van der Waals surface area (Å²) < 4.78 is 45.1. The summed E-state index contributed by atoms with van der Waals surface area (Å²) in [6.45, 7) is 0.458. The van der Waals surface area contributed by atoms with E-state index in [1.165, 1.54) is 12.3 Å². The molecule has 2 heterocycles. The number of pyridine rings is 1. The smallest absolute Gasteiger partial charge is 0.417 e. The van der Waals surface area contributed by atoms with Crippen molar-refractivity contribution in [1.29, 1.82) is 0 Å². The number of amidine groups is 1. The van der Waals surface area contributed by atoms with Crippen LogP contribution in [0.25, 0.3) is 0 Å². The van der Waals surface area contributed by atoms with Gasteiger partial charge in [-0.05, 0) is 54.8 Å². The van der Waals surface area contributed by atoms with Crippen LogP contribution in [0.2, 0.25) is 5.02 Å². The maximum absolute atomic E-state index is 13.0. The molecule has 1 aliphatic heterocycles. The van der Waals surface area contributed by atoms with Gasteiger partial charge in [0.2, 0.25) is 5.91 Å². The SMILES string of the molecule is O=C(CCc1cccc(Oc2ccnc(C3=NC(C(=O)O)CCN3)c2)c1)Nc1ccc(Cl)c(C(F)(F)F)c1. The molecule has 0 spiro atoms. The van der Waals surface area contributed by atoms with Crippen molar-refractivity contribution in [3.8, 4) is 11.5 Å². The summed E-state index contributed by atoms with van der Waals surface area (Å²) in [5, 5.41) is 14.3. The summed E-state index contributed by atoms with van der Waals surface area (Å²) in [5.74, 6) is -0.131. The molecule has 0 bridgehead atoms. The number of nitrogens with one attached hydrogen (secondary N) is 2. The van der Waals surface area contributed by atoms with Gasteiger partial charge < -0.3 is 20.5 Å². The summed E-state index contributed by atoms with van der Waals surface area (Å²) in [5.41, 5.74) is 0.206. The van der Waals surface area contributed by atoms with Crippen molar-refractivity contribution in [3.05, 3.63) is 82.6 Å². The average molecular weight is 547 g/mol. The van der Waals surface area contributed by atoms with E-state index in [1.54, 1.807) is 36.4 Å². The van der Waals surface area contributed by atoms with Crippen molar-refractivity contribution in [3.63, 3.8) is 0 Å². The molecule has 1 unspecified atom stereocenters. The van der Waals surface area contributed by atoms with Crippen molar-refractivity contribution < 1.29 is 32.6 Å². The van der Waals surface area contributed by atoms with Crippen molar-refractivity contribution in [2.45, 2.75) is 31.5 Å². The van der Waals surface area contributed by atoms with Crippen LogP contribution >= 0.6 is 11.6 Å². The van der Waals surface area contributed by atoms with Crippen LogP contribution in [0.1, 0.15) is 29.7 Å². The molecule has 1 atom stereocenters. The highest BCUT2D eigenvalue weighted by Crippen LogP contribution is 2.36. The van der Waals surface area contributed by atoms with Crippen LogP contribution in [-0.4, -0.2) is 40.4 Å². The molecule has 0 aliphatic carbocycles. The van der Waals surface area contributed by atoms with Crippen LogP contribution in [0.15, 0.2) is 65.8 Å². The molecule has 2 aromatic carbocycles. The van der Waals surface area contributed by atoms with Gasteiger partial charge in [-0.3, -0.25) is 14.8 Å². The van der Waals surface area contributed by atoms with Crippen LogP contribution in [0.5, 0.6) is 11.5 Å². The molecule has 1 aliphatic rings. The van der Waals surface area contributed by atoms with Gasteiger partial charge in [0.25, 0.3) is 0 Å². The number of aliphatic carboxylic acids is 1. The number of amides is 1. The Labute approximate surface area is 220 Å². The van der Waals surface area contributed by atoms with Gasteiger partial charge in [-0.15, -0.1) is 0 Å². The summed E-state index contributed by atoms with van der Waals surface area (Å²) in [6, 6.07) is 12.7. The zero-order chi connectivity index (χ0) is 27.3. The highest BCUT2D eigenvalue weighted by atomic mass is 35.5. The Bertz CT molecular complexity index is 1380. The van der Waals surface area contributed by atoms with Gasteiger partial charge in [-0.2, -0.15) is 13.2 Å². The zero-order valence-corrected chi connectivity index (χ0v) is 20.5. The summed E-state index contributed by atoms with van der Waals surface area (Å²) in [4.78, 5) is 32.0. The fraction of sp³-hybridized carbons (Fsp3) is 0.231. The molecule has 4 rings (SSSR count). The van der Waals surface area contributed by atoms with E-state index >= 15 is 0 Å². The molecule has 3 aromatic rings. The first kappa shape index (κ1) is 26.9. The van der Waals surface area contributed by atoms with Gasteiger partial charge in [-0.25, -0.2) is 4.79 Å². The Balaban J connectivity index is 1.38. The van der Waals surface area contributed by atoms with Gasteiger partial charge in [0.15, 0.2) is 6.04 Å². The second-order valence-corrected chi connectivity index (χ2v) is 8.82. The monoisotopic (exact) mass is 546 g/mol. The van der Waals surface area contributed by atoms with Crippen molar-refractivity contribution in [1.82, 2.24) is 10.3 Å². The van der Waals surface area contributed by atoms with Crippen LogP contribution < -0.4 is 15.4 Å². The maximum Gasteiger partial charge on any atom is 0.417 e. The Hall–Kier alpha value is -4.12. The second-order valence-electron chi connectivity index (χ2n) is 8.41.